The van der Waals surface area contributed by atoms with Gasteiger partial charge in [-0.25, -0.2) is 0 Å². The lowest BCUT2D eigenvalue weighted by molar-refractivity contribution is 0.317. The minimum Gasteiger partial charge on any atom is -0.370 e. The molecule has 2 nitrogen and oxygen atoms in total. The Morgan fingerprint density at radius 2 is 1.73 bits per heavy atom. The summed E-state index contributed by atoms with van der Waals surface area (Å²) in [5, 5.41) is 0. The molecule has 2 saturated heterocycles. The highest BCUT2D eigenvalue weighted by Gasteiger charge is 2.36. The van der Waals surface area contributed by atoms with Crippen LogP contribution in [0.3, 0.4) is 0 Å². The second kappa shape index (κ2) is 3.11. The topological polar surface area (TPSA) is 25.1 Å². The zero-order chi connectivity index (χ0) is 8.48. The molecule has 0 spiro atoms. The second-order valence-corrected chi connectivity index (χ2v) is 3.64. The van der Waals surface area contributed by atoms with Gasteiger partial charge >= 0.3 is 0 Å². The van der Waals surface area contributed by atoms with Crippen LogP contribution in [0.25, 0.3) is 0 Å². The van der Waals surface area contributed by atoms with Gasteiger partial charge in [0, 0.05) is 0 Å². The molecular weight excluding hydrogens is 140 g/mol. The number of hydrogen-bond donors (Lipinski definition) is 0. The van der Waals surface area contributed by atoms with E-state index in [1.54, 1.807) is 0 Å². The molecule has 0 aromatic heterocycles. The fourth-order valence-electron chi connectivity index (χ4n) is 0.621. The molecule has 0 radical (unpaired) electrons. The van der Waals surface area contributed by atoms with Gasteiger partial charge in [-0.1, -0.05) is 6.92 Å². The molecule has 0 saturated carbocycles. The van der Waals surface area contributed by atoms with Gasteiger partial charge in [0.15, 0.2) is 0 Å². The van der Waals surface area contributed by atoms with Gasteiger partial charge in [0.25, 0.3) is 0 Å². The molecule has 2 aliphatic rings. The van der Waals surface area contributed by atoms with Crippen LogP contribution in [0.2, 0.25) is 0 Å². The van der Waals surface area contributed by atoms with E-state index < -0.39 is 0 Å². The van der Waals surface area contributed by atoms with Crippen molar-refractivity contribution in [1.29, 1.82) is 0 Å². The van der Waals surface area contributed by atoms with Crippen molar-refractivity contribution in [3.8, 4) is 0 Å². The summed E-state index contributed by atoms with van der Waals surface area (Å²) in [6, 6.07) is 0. The molecule has 2 heteroatoms. The van der Waals surface area contributed by atoms with Crippen LogP contribution in [0, 0.1) is 0 Å². The van der Waals surface area contributed by atoms with Gasteiger partial charge < -0.3 is 9.47 Å². The molecule has 0 amide bonds. The lowest BCUT2D eigenvalue weighted by atomic mass is 10.1. The molecule has 2 heterocycles. The van der Waals surface area contributed by atoms with Gasteiger partial charge in [-0.05, 0) is 27.2 Å². The van der Waals surface area contributed by atoms with Gasteiger partial charge in [0.1, 0.15) is 0 Å². The van der Waals surface area contributed by atoms with Crippen molar-refractivity contribution < 1.29 is 9.47 Å². The van der Waals surface area contributed by atoms with E-state index in [0.29, 0.717) is 17.8 Å². The van der Waals surface area contributed by atoms with E-state index in [0.717, 1.165) is 13.0 Å². The molecule has 0 aromatic carbocycles. The average molecular weight is 158 g/mol. The van der Waals surface area contributed by atoms with Crippen molar-refractivity contribution >= 4 is 0 Å². The summed E-state index contributed by atoms with van der Waals surface area (Å²) in [5.74, 6) is 0. The fraction of sp³-hybridized carbons (Fsp3) is 1.00. The van der Waals surface area contributed by atoms with Crippen molar-refractivity contribution in [1.82, 2.24) is 0 Å². The van der Waals surface area contributed by atoms with Crippen LogP contribution in [-0.2, 0) is 9.47 Å². The molecule has 11 heavy (non-hydrogen) atoms. The maximum atomic E-state index is 5.05. The number of epoxide rings is 2. The molecule has 3 unspecified atom stereocenters. The first kappa shape index (κ1) is 9.01. The van der Waals surface area contributed by atoms with Crippen molar-refractivity contribution in [3.05, 3.63) is 0 Å². The Morgan fingerprint density at radius 3 is 1.73 bits per heavy atom. The number of rotatable bonds is 1. The minimum atomic E-state index is 0.292. The molecular formula is C9H18O2. The van der Waals surface area contributed by atoms with E-state index in [1.165, 1.54) is 0 Å². The number of hydrogen-bond acceptors (Lipinski definition) is 2. The predicted molar refractivity (Wildman–Crippen MR) is 44.7 cm³/mol. The Hall–Kier alpha value is -0.0800. The molecule has 2 aliphatic heterocycles. The summed E-state index contributed by atoms with van der Waals surface area (Å²) in [5.41, 5.74) is 0.292. The Morgan fingerprint density at radius 1 is 1.36 bits per heavy atom. The molecule has 0 aromatic rings. The van der Waals surface area contributed by atoms with Crippen molar-refractivity contribution in [2.75, 3.05) is 6.61 Å². The lowest BCUT2D eigenvalue weighted by Gasteiger charge is -1.92. The van der Waals surface area contributed by atoms with E-state index in [2.05, 4.69) is 27.7 Å². The lowest BCUT2D eigenvalue weighted by Crippen LogP contribution is -1.98. The van der Waals surface area contributed by atoms with E-state index in [4.69, 9.17) is 9.47 Å². The van der Waals surface area contributed by atoms with Crippen molar-refractivity contribution in [3.63, 3.8) is 0 Å². The molecule has 0 bridgehead atoms. The Bertz CT molecular complexity index is 124. The standard InChI is InChI=1S/C5H10O.C4H8O/c1-3-5(2)4-6-5;1-3-4(2)5-3/h3-4H2,1-2H3;3-4H,1-2H3. The minimum absolute atomic E-state index is 0.292. The van der Waals surface area contributed by atoms with Gasteiger partial charge in [-0.3, -0.25) is 0 Å². The Balaban J connectivity index is 0.000000112. The molecule has 2 rings (SSSR count). The van der Waals surface area contributed by atoms with Crippen LogP contribution in [0.15, 0.2) is 0 Å². The van der Waals surface area contributed by atoms with Crippen LogP contribution < -0.4 is 0 Å². The van der Waals surface area contributed by atoms with Gasteiger partial charge in [-0.2, -0.15) is 0 Å². The third-order valence-electron chi connectivity index (χ3n) is 2.40. The summed E-state index contributed by atoms with van der Waals surface area (Å²) < 4.78 is 9.96. The van der Waals surface area contributed by atoms with Crippen LogP contribution in [0.4, 0.5) is 0 Å². The van der Waals surface area contributed by atoms with Gasteiger partial charge in [0.2, 0.25) is 0 Å². The van der Waals surface area contributed by atoms with Crippen LogP contribution in [0.1, 0.15) is 34.1 Å². The number of ether oxygens (including phenoxy) is 2. The predicted octanol–water partition coefficient (Wildman–Crippen LogP) is 1.98. The summed E-state index contributed by atoms with van der Waals surface area (Å²) in [6.07, 6.45) is 2.26. The summed E-state index contributed by atoms with van der Waals surface area (Å²) >= 11 is 0. The van der Waals surface area contributed by atoms with E-state index in [9.17, 15) is 0 Å². The molecule has 2 fully saturated rings. The highest BCUT2D eigenvalue weighted by molar-refractivity contribution is 4.84. The normalized spacial score (nSPS) is 45.8. The maximum absolute atomic E-state index is 5.05. The SMILES string of the molecule is CC1OC1C.CCC1(C)CO1. The zero-order valence-corrected chi connectivity index (χ0v) is 7.89. The van der Waals surface area contributed by atoms with Crippen LogP contribution in [-0.4, -0.2) is 24.4 Å². The maximum Gasteiger partial charge on any atom is 0.0886 e. The Kier molecular flexibility index (Phi) is 2.55. The van der Waals surface area contributed by atoms with Gasteiger partial charge in [-0.15, -0.1) is 0 Å². The van der Waals surface area contributed by atoms with Gasteiger partial charge in [0.05, 0.1) is 24.4 Å². The third-order valence-corrected chi connectivity index (χ3v) is 2.40. The molecule has 3 atom stereocenters. The first-order valence-corrected chi connectivity index (χ1v) is 4.37. The van der Waals surface area contributed by atoms with Crippen LogP contribution in [0.5, 0.6) is 0 Å². The summed E-state index contributed by atoms with van der Waals surface area (Å²) in [6.45, 7) is 9.40. The van der Waals surface area contributed by atoms with Crippen LogP contribution >= 0.6 is 0 Å². The average Bonchev–Trinajstić information content (AvgIpc) is 2.82. The van der Waals surface area contributed by atoms with E-state index in [-0.39, 0.29) is 0 Å². The first-order chi connectivity index (χ1) is 5.07. The highest BCUT2D eigenvalue weighted by Crippen LogP contribution is 2.28. The third kappa shape index (κ3) is 3.21. The monoisotopic (exact) mass is 158 g/mol. The largest absolute Gasteiger partial charge is 0.370 e. The molecule has 66 valence electrons. The van der Waals surface area contributed by atoms with E-state index in [1.807, 2.05) is 0 Å². The Labute approximate surface area is 68.9 Å². The second-order valence-electron chi connectivity index (χ2n) is 3.64. The smallest absolute Gasteiger partial charge is 0.0886 e. The van der Waals surface area contributed by atoms with Crippen molar-refractivity contribution in [2.45, 2.75) is 51.9 Å². The van der Waals surface area contributed by atoms with E-state index >= 15 is 0 Å². The summed E-state index contributed by atoms with van der Waals surface area (Å²) in [4.78, 5) is 0. The zero-order valence-electron chi connectivity index (χ0n) is 7.89. The summed E-state index contributed by atoms with van der Waals surface area (Å²) in [7, 11) is 0. The van der Waals surface area contributed by atoms with Crippen molar-refractivity contribution in [2.24, 2.45) is 0 Å². The molecule has 0 N–H and O–H groups in total. The highest BCUT2D eigenvalue weighted by atomic mass is 16.6. The fourth-order valence-corrected chi connectivity index (χ4v) is 0.621. The molecule has 0 aliphatic carbocycles. The quantitative estimate of drug-likeness (QED) is 0.545. The first-order valence-electron chi connectivity index (χ1n) is 4.37.